The summed E-state index contributed by atoms with van der Waals surface area (Å²) < 4.78 is 0. The van der Waals surface area contributed by atoms with E-state index in [4.69, 9.17) is 0 Å². The monoisotopic (exact) mass is 353 g/mol. The fourth-order valence-corrected chi connectivity index (χ4v) is 3.05. The van der Waals surface area contributed by atoms with Crippen LogP contribution in [-0.2, 0) is 11.4 Å². The molecule has 0 aromatic heterocycles. The van der Waals surface area contributed by atoms with Crippen molar-refractivity contribution in [3.63, 3.8) is 0 Å². The number of amides is 2. The van der Waals surface area contributed by atoms with E-state index in [-0.39, 0.29) is 18.4 Å². The van der Waals surface area contributed by atoms with Gasteiger partial charge in [0.25, 0.3) is 5.91 Å². The van der Waals surface area contributed by atoms with Gasteiger partial charge in [0.05, 0.1) is 6.61 Å². The van der Waals surface area contributed by atoms with Gasteiger partial charge in [0, 0.05) is 50.0 Å². The van der Waals surface area contributed by atoms with E-state index in [1.54, 1.807) is 31.2 Å². The molecule has 1 aliphatic heterocycles. The zero-order valence-electron chi connectivity index (χ0n) is 14.8. The molecule has 1 aliphatic rings. The van der Waals surface area contributed by atoms with Crippen LogP contribution in [0.5, 0.6) is 0 Å². The maximum absolute atomic E-state index is 12.3. The first kappa shape index (κ1) is 17.9. The predicted molar refractivity (Wildman–Crippen MR) is 101 cm³/mol. The van der Waals surface area contributed by atoms with Gasteiger partial charge in [0.1, 0.15) is 0 Å². The first-order chi connectivity index (χ1) is 12.6. The molecule has 2 aromatic carbocycles. The maximum atomic E-state index is 12.3. The van der Waals surface area contributed by atoms with Crippen LogP contribution in [0, 0.1) is 0 Å². The van der Waals surface area contributed by atoms with Gasteiger partial charge in [-0.2, -0.15) is 0 Å². The molecule has 1 heterocycles. The summed E-state index contributed by atoms with van der Waals surface area (Å²) in [5.41, 5.74) is 3.02. The Labute approximate surface area is 153 Å². The van der Waals surface area contributed by atoms with Crippen LogP contribution in [0.1, 0.15) is 22.8 Å². The predicted octanol–water partition coefficient (Wildman–Crippen LogP) is 2.10. The lowest BCUT2D eigenvalue weighted by molar-refractivity contribution is -0.129. The van der Waals surface area contributed by atoms with Gasteiger partial charge in [-0.15, -0.1) is 0 Å². The van der Waals surface area contributed by atoms with E-state index in [2.05, 4.69) is 10.2 Å². The van der Waals surface area contributed by atoms with Crippen LogP contribution in [0.4, 0.5) is 11.4 Å². The number of carbonyl (C=O) groups is 2. The third-order valence-electron chi connectivity index (χ3n) is 4.59. The van der Waals surface area contributed by atoms with Crippen LogP contribution >= 0.6 is 0 Å². The normalized spacial score (nSPS) is 14.2. The van der Waals surface area contributed by atoms with E-state index in [0.717, 1.165) is 37.6 Å². The van der Waals surface area contributed by atoms with Crippen molar-refractivity contribution in [3.8, 4) is 0 Å². The second kappa shape index (κ2) is 8.01. The molecule has 1 saturated heterocycles. The lowest BCUT2D eigenvalue weighted by Gasteiger charge is -2.35. The Balaban J connectivity index is 1.61. The molecular weight excluding hydrogens is 330 g/mol. The maximum Gasteiger partial charge on any atom is 0.255 e. The first-order valence-electron chi connectivity index (χ1n) is 8.68. The molecule has 3 rings (SSSR count). The van der Waals surface area contributed by atoms with Crippen LogP contribution in [-0.4, -0.2) is 48.0 Å². The highest BCUT2D eigenvalue weighted by Gasteiger charge is 2.18. The lowest BCUT2D eigenvalue weighted by atomic mass is 10.1. The molecule has 0 spiro atoms. The molecule has 136 valence electrons. The Morgan fingerprint density at radius 2 is 1.73 bits per heavy atom. The molecule has 6 nitrogen and oxygen atoms in total. The standard InChI is InChI=1S/C20H23N3O3/c1-15(25)22-9-11-23(12-10-22)19-7-5-18(6-8-19)21-20(26)17-4-2-3-16(13-17)14-24/h2-8,13,24H,9-12,14H2,1H3,(H,21,26). The second-order valence-electron chi connectivity index (χ2n) is 6.35. The van der Waals surface area contributed by atoms with Gasteiger partial charge in [-0.25, -0.2) is 0 Å². The highest BCUT2D eigenvalue weighted by molar-refractivity contribution is 6.04. The molecule has 2 amide bonds. The summed E-state index contributed by atoms with van der Waals surface area (Å²) >= 11 is 0. The molecule has 0 bridgehead atoms. The van der Waals surface area contributed by atoms with Gasteiger partial charge in [-0.3, -0.25) is 9.59 Å². The van der Waals surface area contributed by atoms with Crippen LogP contribution in [0.2, 0.25) is 0 Å². The number of aliphatic hydroxyl groups is 1. The molecule has 2 aromatic rings. The minimum atomic E-state index is -0.205. The molecule has 0 aliphatic carbocycles. The number of nitrogens with zero attached hydrogens (tertiary/aromatic N) is 2. The Bertz CT molecular complexity index is 781. The van der Waals surface area contributed by atoms with Crippen LogP contribution < -0.4 is 10.2 Å². The average molecular weight is 353 g/mol. The Morgan fingerprint density at radius 1 is 1.04 bits per heavy atom. The molecule has 26 heavy (non-hydrogen) atoms. The van der Waals surface area contributed by atoms with E-state index in [1.807, 2.05) is 29.2 Å². The summed E-state index contributed by atoms with van der Waals surface area (Å²) in [7, 11) is 0. The summed E-state index contributed by atoms with van der Waals surface area (Å²) in [6.07, 6.45) is 0. The summed E-state index contributed by atoms with van der Waals surface area (Å²) in [5, 5.41) is 12.0. The molecule has 0 saturated carbocycles. The third-order valence-corrected chi connectivity index (χ3v) is 4.59. The highest BCUT2D eigenvalue weighted by Crippen LogP contribution is 2.20. The van der Waals surface area contributed by atoms with E-state index >= 15 is 0 Å². The number of hydrogen-bond donors (Lipinski definition) is 2. The smallest absolute Gasteiger partial charge is 0.255 e. The number of rotatable bonds is 4. The summed E-state index contributed by atoms with van der Waals surface area (Å²) in [4.78, 5) is 27.8. The Morgan fingerprint density at radius 3 is 2.35 bits per heavy atom. The largest absolute Gasteiger partial charge is 0.392 e. The Kier molecular flexibility index (Phi) is 5.53. The third kappa shape index (κ3) is 4.21. The minimum absolute atomic E-state index is 0.0906. The fraction of sp³-hybridized carbons (Fsp3) is 0.300. The zero-order chi connectivity index (χ0) is 18.5. The molecule has 2 N–H and O–H groups in total. The van der Waals surface area contributed by atoms with Crippen LogP contribution in [0.25, 0.3) is 0 Å². The number of nitrogens with one attached hydrogen (secondary N) is 1. The van der Waals surface area contributed by atoms with Crippen molar-refractivity contribution in [3.05, 3.63) is 59.7 Å². The van der Waals surface area contributed by atoms with Crippen LogP contribution in [0.15, 0.2) is 48.5 Å². The molecule has 6 heteroatoms. The summed E-state index contributed by atoms with van der Waals surface area (Å²) in [6, 6.07) is 14.6. The lowest BCUT2D eigenvalue weighted by Crippen LogP contribution is -2.48. The molecule has 0 atom stereocenters. The summed E-state index contributed by atoms with van der Waals surface area (Å²) in [5.74, 6) is -0.0869. The Hall–Kier alpha value is -2.86. The van der Waals surface area contributed by atoms with Gasteiger partial charge in [-0.05, 0) is 42.0 Å². The first-order valence-corrected chi connectivity index (χ1v) is 8.68. The SMILES string of the molecule is CC(=O)N1CCN(c2ccc(NC(=O)c3cccc(CO)c3)cc2)CC1. The van der Waals surface area contributed by atoms with Gasteiger partial charge >= 0.3 is 0 Å². The van der Waals surface area contributed by atoms with Crippen molar-refractivity contribution in [1.29, 1.82) is 0 Å². The van der Waals surface area contributed by atoms with Gasteiger partial charge in [0.2, 0.25) is 5.91 Å². The second-order valence-corrected chi connectivity index (χ2v) is 6.35. The number of benzene rings is 2. The van der Waals surface area contributed by atoms with Gasteiger partial charge in [0.15, 0.2) is 0 Å². The van der Waals surface area contributed by atoms with E-state index in [9.17, 15) is 14.7 Å². The van der Waals surface area contributed by atoms with Crippen molar-refractivity contribution >= 4 is 23.2 Å². The number of anilines is 2. The molecule has 0 radical (unpaired) electrons. The topological polar surface area (TPSA) is 72.9 Å². The van der Waals surface area contributed by atoms with Gasteiger partial charge in [-0.1, -0.05) is 12.1 Å². The van der Waals surface area contributed by atoms with Crippen molar-refractivity contribution in [2.75, 3.05) is 36.4 Å². The van der Waals surface area contributed by atoms with Crippen molar-refractivity contribution in [2.24, 2.45) is 0 Å². The molecular formula is C20H23N3O3. The fourth-order valence-electron chi connectivity index (χ4n) is 3.05. The average Bonchev–Trinajstić information content (AvgIpc) is 2.68. The van der Waals surface area contributed by atoms with E-state index < -0.39 is 0 Å². The van der Waals surface area contributed by atoms with E-state index in [1.165, 1.54) is 0 Å². The number of piperazine rings is 1. The molecule has 1 fully saturated rings. The highest BCUT2D eigenvalue weighted by atomic mass is 16.3. The van der Waals surface area contributed by atoms with Gasteiger partial charge < -0.3 is 20.2 Å². The quantitative estimate of drug-likeness (QED) is 0.883. The number of carbonyl (C=O) groups excluding carboxylic acids is 2. The minimum Gasteiger partial charge on any atom is -0.392 e. The van der Waals surface area contributed by atoms with Crippen molar-refractivity contribution in [2.45, 2.75) is 13.5 Å². The van der Waals surface area contributed by atoms with E-state index in [0.29, 0.717) is 11.1 Å². The number of hydrogen-bond acceptors (Lipinski definition) is 4. The van der Waals surface area contributed by atoms with Crippen LogP contribution in [0.3, 0.4) is 0 Å². The number of aliphatic hydroxyl groups excluding tert-OH is 1. The van der Waals surface area contributed by atoms with Crippen molar-refractivity contribution < 1.29 is 14.7 Å². The molecule has 0 unspecified atom stereocenters. The van der Waals surface area contributed by atoms with Crippen molar-refractivity contribution in [1.82, 2.24) is 4.90 Å². The summed E-state index contributed by atoms with van der Waals surface area (Å²) in [6.45, 7) is 4.58. The zero-order valence-corrected chi connectivity index (χ0v) is 14.8.